The second-order valence-electron chi connectivity index (χ2n) is 6.80. The highest BCUT2D eigenvalue weighted by Crippen LogP contribution is 2.58. The molecule has 0 aromatic rings. The van der Waals surface area contributed by atoms with E-state index in [2.05, 4.69) is 4.74 Å². The van der Waals surface area contributed by atoms with Crippen molar-refractivity contribution < 1.29 is 45.2 Å². The highest BCUT2D eigenvalue weighted by Gasteiger charge is 2.66. The van der Waals surface area contributed by atoms with Crippen molar-refractivity contribution in [2.45, 2.75) is 37.6 Å². The zero-order valence-corrected chi connectivity index (χ0v) is 13.3. The van der Waals surface area contributed by atoms with Crippen LogP contribution in [0.1, 0.15) is 19.8 Å². The predicted octanol–water partition coefficient (Wildman–Crippen LogP) is 0.936. The molecule has 0 radical (unpaired) electrons. The Morgan fingerprint density at radius 2 is 2.00 bits per heavy atom. The van der Waals surface area contributed by atoms with Gasteiger partial charge in [-0.05, 0) is 25.7 Å². The number of alkyl halides is 3. The van der Waals surface area contributed by atoms with E-state index in [9.17, 15) is 31.2 Å². The highest BCUT2D eigenvalue weighted by atomic mass is 32.2. The summed E-state index contributed by atoms with van der Waals surface area (Å²) in [5.41, 5.74) is -3.40. The molecule has 6 atom stereocenters. The van der Waals surface area contributed by atoms with E-state index in [-0.39, 0.29) is 17.9 Å². The summed E-state index contributed by atoms with van der Waals surface area (Å²) in [5.74, 6) is -6.18. The molecule has 11 heteroatoms. The molecule has 0 spiro atoms. The van der Waals surface area contributed by atoms with Gasteiger partial charge >= 0.3 is 18.1 Å². The van der Waals surface area contributed by atoms with Crippen LogP contribution >= 0.6 is 0 Å². The van der Waals surface area contributed by atoms with Gasteiger partial charge in [0.15, 0.2) is 0 Å². The maximum Gasteiger partial charge on any atom is 0.429 e. The van der Waals surface area contributed by atoms with E-state index in [0.717, 1.165) is 0 Å². The summed E-state index contributed by atoms with van der Waals surface area (Å²) in [6.45, 7) is 0.377. The van der Waals surface area contributed by atoms with Crippen molar-refractivity contribution in [1.29, 1.82) is 0 Å². The molecular weight excluding hydrogens is 357 g/mol. The Morgan fingerprint density at radius 1 is 1.38 bits per heavy atom. The Balaban J connectivity index is 1.83. The van der Waals surface area contributed by atoms with Crippen molar-refractivity contribution in [3.8, 4) is 0 Å². The summed E-state index contributed by atoms with van der Waals surface area (Å²) in [5, 5.41) is 0. The molecule has 1 aliphatic heterocycles. The second-order valence-corrected chi connectivity index (χ2v) is 8.25. The number of esters is 2. The van der Waals surface area contributed by atoms with Crippen LogP contribution in [0.5, 0.6) is 0 Å². The number of hydrogen-bond donors (Lipinski definition) is 1. The molecule has 2 bridgehead atoms. The van der Waals surface area contributed by atoms with Gasteiger partial charge in [0, 0.05) is 5.92 Å². The minimum Gasteiger partial charge on any atom is -0.462 e. The third kappa shape index (κ3) is 2.67. The van der Waals surface area contributed by atoms with Crippen molar-refractivity contribution in [3.05, 3.63) is 0 Å². The Hall–Kier alpha value is -1.36. The molecule has 3 fully saturated rings. The summed E-state index contributed by atoms with van der Waals surface area (Å²) < 4.78 is 79.7. The lowest BCUT2D eigenvalue weighted by atomic mass is 9.80. The molecule has 3 rings (SSSR count). The van der Waals surface area contributed by atoms with Gasteiger partial charge in [-0.2, -0.15) is 21.6 Å². The van der Waals surface area contributed by atoms with E-state index in [1.807, 2.05) is 0 Å². The van der Waals surface area contributed by atoms with Crippen LogP contribution in [0.15, 0.2) is 0 Å². The van der Waals surface area contributed by atoms with Gasteiger partial charge in [-0.1, -0.05) is 0 Å². The standard InChI is InChI=1S/C13H15F3O7S/c1-12(13(14,15)16,4-24(19,20)21)23-11(18)8-5-2-6-7(3-5)22-10(17)9(6)8/h5-9H,2-4H2,1H3,(H,19,20,21). The van der Waals surface area contributed by atoms with Crippen LogP contribution in [0.2, 0.25) is 0 Å². The Labute approximate surface area is 135 Å². The lowest BCUT2D eigenvalue weighted by molar-refractivity contribution is -0.258. The fourth-order valence-electron chi connectivity index (χ4n) is 4.13. The molecule has 7 nitrogen and oxygen atoms in total. The van der Waals surface area contributed by atoms with Gasteiger partial charge in [0.2, 0.25) is 5.60 Å². The van der Waals surface area contributed by atoms with E-state index < -0.39 is 51.4 Å². The van der Waals surface area contributed by atoms with E-state index in [1.54, 1.807) is 0 Å². The fourth-order valence-corrected chi connectivity index (χ4v) is 5.05. The maximum absolute atomic E-state index is 13.2. The summed E-state index contributed by atoms with van der Waals surface area (Å²) in [4.78, 5) is 24.1. The zero-order valence-electron chi connectivity index (χ0n) is 12.4. The number of fused-ring (bicyclic) bond motifs is 1. The van der Waals surface area contributed by atoms with Crippen molar-refractivity contribution in [2.75, 3.05) is 5.75 Å². The quantitative estimate of drug-likeness (QED) is 0.578. The molecule has 1 saturated heterocycles. The Bertz CT molecular complexity index is 686. The Kier molecular flexibility index (Phi) is 3.69. The summed E-state index contributed by atoms with van der Waals surface area (Å²) in [6.07, 6.45) is -4.65. The molecule has 0 aromatic heterocycles. The monoisotopic (exact) mass is 372 g/mol. The predicted molar refractivity (Wildman–Crippen MR) is 70.0 cm³/mol. The number of carbonyl (C=O) groups excluding carboxylic acids is 2. The lowest BCUT2D eigenvalue weighted by Crippen LogP contribution is -2.53. The lowest BCUT2D eigenvalue weighted by Gasteiger charge is -2.33. The minimum atomic E-state index is -5.21. The topological polar surface area (TPSA) is 107 Å². The normalized spacial score (nSPS) is 37.2. The molecule has 3 aliphatic rings. The maximum atomic E-state index is 13.2. The summed E-state index contributed by atoms with van der Waals surface area (Å²) in [6, 6.07) is 0. The SMILES string of the molecule is CC(CS(=O)(=O)O)(OC(=O)C1C2CC3OC(=O)C1C3C2)C(F)(F)F. The number of rotatable bonds is 4. The van der Waals surface area contributed by atoms with Crippen molar-refractivity contribution in [2.24, 2.45) is 23.7 Å². The molecular formula is C13H15F3O7S. The van der Waals surface area contributed by atoms with Crippen LogP contribution in [0.25, 0.3) is 0 Å². The van der Waals surface area contributed by atoms with Crippen LogP contribution in [0.4, 0.5) is 13.2 Å². The number of carbonyl (C=O) groups is 2. The third-order valence-electron chi connectivity index (χ3n) is 5.14. The minimum absolute atomic E-state index is 0.209. The van der Waals surface area contributed by atoms with Crippen molar-refractivity contribution >= 4 is 22.1 Å². The summed E-state index contributed by atoms with van der Waals surface area (Å²) in [7, 11) is -5.05. The Morgan fingerprint density at radius 3 is 2.54 bits per heavy atom. The number of ether oxygens (including phenoxy) is 2. The van der Waals surface area contributed by atoms with E-state index in [1.165, 1.54) is 0 Å². The molecule has 2 aliphatic carbocycles. The van der Waals surface area contributed by atoms with Gasteiger partial charge in [0.25, 0.3) is 10.1 Å². The smallest absolute Gasteiger partial charge is 0.429 e. The van der Waals surface area contributed by atoms with Gasteiger partial charge in [-0.25, -0.2) is 0 Å². The van der Waals surface area contributed by atoms with Gasteiger partial charge in [-0.3, -0.25) is 14.1 Å². The first kappa shape index (κ1) is 17.5. The third-order valence-corrected chi connectivity index (χ3v) is 6.05. The molecule has 24 heavy (non-hydrogen) atoms. The first-order valence-corrected chi connectivity index (χ1v) is 8.88. The first-order chi connectivity index (χ1) is 10.8. The van der Waals surface area contributed by atoms with Crippen LogP contribution in [0.3, 0.4) is 0 Å². The first-order valence-electron chi connectivity index (χ1n) is 7.28. The average molecular weight is 372 g/mol. The van der Waals surface area contributed by atoms with Gasteiger partial charge < -0.3 is 9.47 Å². The van der Waals surface area contributed by atoms with Gasteiger partial charge in [0.05, 0.1) is 11.8 Å². The number of halogens is 3. The van der Waals surface area contributed by atoms with Gasteiger partial charge in [-0.15, -0.1) is 0 Å². The number of hydrogen-bond acceptors (Lipinski definition) is 6. The van der Waals surface area contributed by atoms with Crippen LogP contribution in [0, 0.1) is 23.7 Å². The molecule has 2 saturated carbocycles. The van der Waals surface area contributed by atoms with E-state index in [4.69, 9.17) is 9.29 Å². The molecule has 136 valence electrons. The highest BCUT2D eigenvalue weighted by molar-refractivity contribution is 7.85. The van der Waals surface area contributed by atoms with E-state index >= 15 is 0 Å². The summed E-state index contributed by atoms with van der Waals surface area (Å²) >= 11 is 0. The van der Waals surface area contributed by atoms with Crippen LogP contribution in [-0.2, 0) is 29.2 Å². The molecule has 1 N–H and O–H groups in total. The molecule has 0 amide bonds. The van der Waals surface area contributed by atoms with Gasteiger partial charge in [0.1, 0.15) is 11.9 Å². The second kappa shape index (κ2) is 5.07. The largest absolute Gasteiger partial charge is 0.462 e. The zero-order chi connectivity index (χ0) is 18.1. The fraction of sp³-hybridized carbons (Fsp3) is 0.846. The molecule has 1 heterocycles. The van der Waals surface area contributed by atoms with Crippen LogP contribution in [-0.4, -0.2) is 48.5 Å². The van der Waals surface area contributed by atoms with Crippen molar-refractivity contribution in [1.82, 2.24) is 0 Å². The van der Waals surface area contributed by atoms with Crippen LogP contribution < -0.4 is 0 Å². The molecule has 6 unspecified atom stereocenters. The molecule has 0 aromatic carbocycles. The van der Waals surface area contributed by atoms with Crippen molar-refractivity contribution in [3.63, 3.8) is 0 Å². The van der Waals surface area contributed by atoms with E-state index in [0.29, 0.717) is 19.8 Å². The average Bonchev–Trinajstić information content (AvgIpc) is 2.95.